The number of ether oxygens (including phenoxy) is 2. The number of benzene rings is 2. The highest BCUT2D eigenvalue weighted by Gasteiger charge is 2.46. The van der Waals surface area contributed by atoms with Crippen molar-refractivity contribution >= 4 is 0 Å². The van der Waals surface area contributed by atoms with E-state index in [1.807, 2.05) is 0 Å². The maximum Gasteiger partial charge on any atom is 0.101 e. The van der Waals surface area contributed by atoms with Crippen molar-refractivity contribution in [3.05, 3.63) is 94.5 Å². The quantitative estimate of drug-likeness (QED) is 0.790. The van der Waals surface area contributed by atoms with Crippen LogP contribution in [0.4, 0.5) is 0 Å². The molecule has 0 aromatic heterocycles. The maximum atomic E-state index is 5.85. The lowest BCUT2D eigenvalue weighted by molar-refractivity contribution is 0.221. The van der Waals surface area contributed by atoms with E-state index in [9.17, 15) is 0 Å². The van der Waals surface area contributed by atoms with Gasteiger partial charge in [-0.2, -0.15) is 0 Å². The topological polar surface area (TPSA) is 18.5 Å². The van der Waals surface area contributed by atoms with Crippen molar-refractivity contribution < 1.29 is 9.47 Å². The molecule has 5 rings (SSSR count). The fourth-order valence-electron chi connectivity index (χ4n) is 4.93. The van der Waals surface area contributed by atoms with Gasteiger partial charge in [0.25, 0.3) is 0 Å². The Balaban J connectivity index is 1.86. The van der Waals surface area contributed by atoms with Gasteiger partial charge in [0, 0.05) is 11.8 Å². The van der Waals surface area contributed by atoms with Crippen molar-refractivity contribution in [1.82, 2.24) is 0 Å². The second kappa shape index (κ2) is 5.01. The molecular formula is C22H20O2. The van der Waals surface area contributed by atoms with Crippen LogP contribution in [0.3, 0.4) is 0 Å². The summed E-state index contributed by atoms with van der Waals surface area (Å²) in [6, 6.07) is 17.6. The standard InChI is InChI=1S/C22H20O2/c1-23-19-11-17-13-7-3-5-9-15(13)21(19)18-12-20(24-2)22(17)16-10-6-4-8-14(16)18/h3-12,17-18,21-22H,1-2H3. The molecule has 0 N–H and O–H groups in total. The molecule has 120 valence electrons. The van der Waals surface area contributed by atoms with Gasteiger partial charge < -0.3 is 9.47 Å². The lowest BCUT2D eigenvalue weighted by Gasteiger charge is -2.45. The zero-order chi connectivity index (χ0) is 16.3. The van der Waals surface area contributed by atoms with Gasteiger partial charge in [-0.05, 0) is 34.4 Å². The number of methoxy groups -OCH3 is 2. The maximum absolute atomic E-state index is 5.85. The zero-order valence-corrected chi connectivity index (χ0v) is 13.9. The van der Waals surface area contributed by atoms with E-state index in [-0.39, 0.29) is 23.7 Å². The fraction of sp³-hybridized carbons (Fsp3) is 0.273. The van der Waals surface area contributed by atoms with Gasteiger partial charge in [0.15, 0.2) is 0 Å². The minimum absolute atomic E-state index is 0.218. The van der Waals surface area contributed by atoms with Gasteiger partial charge in [-0.25, -0.2) is 0 Å². The highest BCUT2D eigenvalue weighted by Crippen LogP contribution is 2.59. The van der Waals surface area contributed by atoms with E-state index in [4.69, 9.17) is 9.47 Å². The molecule has 3 aliphatic carbocycles. The summed E-state index contributed by atoms with van der Waals surface area (Å²) in [5.41, 5.74) is 5.63. The van der Waals surface area contributed by atoms with Gasteiger partial charge >= 0.3 is 0 Å². The van der Waals surface area contributed by atoms with E-state index >= 15 is 0 Å². The van der Waals surface area contributed by atoms with Crippen LogP contribution in [-0.4, -0.2) is 14.2 Å². The van der Waals surface area contributed by atoms with Crippen molar-refractivity contribution in [1.29, 1.82) is 0 Å². The highest BCUT2D eigenvalue weighted by atomic mass is 16.5. The third-order valence-corrected chi connectivity index (χ3v) is 5.87. The average molecular weight is 316 g/mol. The first-order valence-corrected chi connectivity index (χ1v) is 8.52. The summed E-state index contributed by atoms with van der Waals surface area (Å²) < 4.78 is 11.7. The molecular weight excluding hydrogens is 296 g/mol. The summed E-state index contributed by atoms with van der Waals surface area (Å²) in [4.78, 5) is 0. The van der Waals surface area contributed by atoms with E-state index < -0.39 is 0 Å². The molecule has 0 radical (unpaired) electrons. The first-order valence-electron chi connectivity index (χ1n) is 8.52. The SMILES string of the molecule is COC1=CC2c3ccccc3C1C1C=C(OC)C2c2ccccc21. The molecule has 24 heavy (non-hydrogen) atoms. The smallest absolute Gasteiger partial charge is 0.101 e. The fourth-order valence-corrected chi connectivity index (χ4v) is 4.93. The van der Waals surface area contributed by atoms with Crippen LogP contribution in [-0.2, 0) is 9.47 Å². The van der Waals surface area contributed by atoms with Crippen LogP contribution >= 0.6 is 0 Å². The van der Waals surface area contributed by atoms with Crippen LogP contribution in [0.15, 0.2) is 72.2 Å². The molecule has 3 aliphatic rings. The number of allylic oxidation sites excluding steroid dienone is 4. The molecule has 0 fully saturated rings. The highest BCUT2D eigenvalue weighted by molar-refractivity contribution is 5.58. The van der Waals surface area contributed by atoms with Crippen LogP contribution in [0, 0.1) is 0 Å². The van der Waals surface area contributed by atoms with Crippen LogP contribution in [0.2, 0.25) is 0 Å². The van der Waals surface area contributed by atoms with Crippen molar-refractivity contribution in [3.63, 3.8) is 0 Å². The largest absolute Gasteiger partial charge is 0.501 e. The van der Waals surface area contributed by atoms with Gasteiger partial charge in [0.2, 0.25) is 0 Å². The van der Waals surface area contributed by atoms with Gasteiger partial charge in [0.05, 0.1) is 26.1 Å². The van der Waals surface area contributed by atoms with E-state index in [0.29, 0.717) is 0 Å². The number of hydrogen-bond acceptors (Lipinski definition) is 2. The number of hydrogen-bond donors (Lipinski definition) is 0. The molecule has 0 amide bonds. The second-order valence-electron chi connectivity index (χ2n) is 6.81. The van der Waals surface area contributed by atoms with Crippen molar-refractivity contribution in [2.75, 3.05) is 14.2 Å². The van der Waals surface area contributed by atoms with Crippen molar-refractivity contribution in [2.45, 2.75) is 23.7 Å². The second-order valence-corrected chi connectivity index (χ2v) is 6.81. The Morgan fingerprint density at radius 2 is 0.958 bits per heavy atom. The molecule has 0 saturated heterocycles. The minimum atomic E-state index is 0.218. The predicted octanol–water partition coefficient (Wildman–Crippen LogP) is 4.82. The van der Waals surface area contributed by atoms with Crippen molar-refractivity contribution in [3.8, 4) is 0 Å². The van der Waals surface area contributed by atoms with Crippen LogP contribution < -0.4 is 0 Å². The molecule has 2 aromatic rings. The summed E-state index contributed by atoms with van der Waals surface area (Å²) in [7, 11) is 3.60. The first-order chi connectivity index (χ1) is 11.8. The molecule has 4 unspecified atom stereocenters. The first kappa shape index (κ1) is 13.9. The van der Waals surface area contributed by atoms with Crippen LogP contribution in [0.25, 0.3) is 0 Å². The van der Waals surface area contributed by atoms with Gasteiger partial charge in [0.1, 0.15) is 11.5 Å². The number of fused-ring (bicyclic) bond motifs is 2. The molecule has 4 bridgehead atoms. The Morgan fingerprint density at radius 3 is 1.33 bits per heavy atom. The lowest BCUT2D eigenvalue weighted by Crippen LogP contribution is -2.32. The Labute approximate surface area is 142 Å². The van der Waals surface area contributed by atoms with E-state index in [1.165, 1.54) is 22.3 Å². The average Bonchev–Trinajstić information content (AvgIpc) is 2.63. The molecule has 2 aromatic carbocycles. The van der Waals surface area contributed by atoms with Crippen LogP contribution in [0.5, 0.6) is 0 Å². The molecule has 2 nitrogen and oxygen atoms in total. The third kappa shape index (κ3) is 1.66. The summed E-state index contributed by atoms with van der Waals surface area (Å²) in [6.07, 6.45) is 4.65. The van der Waals surface area contributed by atoms with E-state index in [2.05, 4.69) is 60.7 Å². The summed E-state index contributed by atoms with van der Waals surface area (Å²) >= 11 is 0. The lowest BCUT2D eigenvalue weighted by atomic mass is 9.60. The van der Waals surface area contributed by atoms with E-state index in [1.54, 1.807) is 14.2 Å². The Kier molecular flexibility index (Phi) is 2.90. The monoisotopic (exact) mass is 316 g/mol. The Bertz CT molecular complexity index is 804. The molecule has 0 aliphatic heterocycles. The molecule has 0 spiro atoms. The molecule has 4 atom stereocenters. The Hall–Kier alpha value is -2.48. The van der Waals surface area contributed by atoms with Crippen LogP contribution in [0.1, 0.15) is 45.9 Å². The predicted molar refractivity (Wildman–Crippen MR) is 94.0 cm³/mol. The Morgan fingerprint density at radius 1 is 0.583 bits per heavy atom. The van der Waals surface area contributed by atoms with Crippen molar-refractivity contribution in [2.24, 2.45) is 0 Å². The molecule has 0 saturated carbocycles. The third-order valence-electron chi connectivity index (χ3n) is 5.87. The summed E-state index contributed by atoms with van der Waals surface area (Å²) in [5, 5.41) is 0. The number of rotatable bonds is 2. The molecule has 0 heterocycles. The van der Waals surface area contributed by atoms with Gasteiger partial charge in [-0.1, -0.05) is 48.5 Å². The zero-order valence-electron chi connectivity index (χ0n) is 13.9. The van der Waals surface area contributed by atoms with Gasteiger partial charge in [-0.15, -0.1) is 0 Å². The summed E-state index contributed by atoms with van der Waals surface area (Å²) in [6.45, 7) is 0. The molecule has 2 heteroatoms. The minimum Gasteiger partial charge on any atom is -0.501 e. The normalized spacial score (nSPS) is 28.9. The summed E-state index contributed by atoms with van der Waals surface area (Å²) in [5.74, 6) is 3.12. The van der Waals surface area contributed by atoms with Gasteiger partial charge in [-0.3, -0.25) is 0 Å². The van der Waals surface area contributed by atoms with E-state index in [0.717, 1.165) is 11.5 Å².